The Morgan fingerprint density at radius 1 is 0.950 bits per heavy atom. The minimum atomic E-state index is 0.277. The number of hydrogen-bond donors (Lipinski definition) is 3. The molecule has 0 unspecified atom stereocenters. The fraction of sp³-hybridized carbons (Fsp3) is 0.938. The summed E-state index contributed by atoms with van der Waals surface area (Å²) in [6, 6.07) is 1.02. The van der Waals surface area contributed by atoms with Crippen LogP contribution in [0, 0.1) is 11.8 Å². The molecule has 0 radical (unpaired) electrons. The second kappa shape index (κ2) is 10.3. The van der Waals surface area contributed by atoms with Gasteiger partial charge in [0.15, 0.2) is 0 Å². The summed E-state index contributed by atoms with van der Waals surface area (Å²) in [5.41, 5.74) is 0. The SMILES string of the molecule is CN[C@@H]1CCCC[C@@H]1C=O.CN[C@@H]1CCCC[C@@H]1CO. The maximum atomic E-state index is 10.5. The predicted octanol–water partition coefficient (Wildman–Crippen LogP) is 1.72. The summed E-state index contributed by atoms with van der Waals surface area (Å²) in [5, 5.41) is 15.4. The number of rotatable bonds is 4. The van der Waals surface area contributed by atoms with Gasteiger partial charge in [-0.05, 0) is 45.7 Å². The van der Waals surface area contributed by atoms with E-state index in [1.807, 2.05) is 14.1 Å². The van der Waals surface area contributed by atoms with Crippen LogP contribution in [-0.2, 0) is 4.79 Å². The number of carbonyl (C=O) groups excluding carboxylic acids is 1. The van der Waals surface area contributed by atoms with Crippen LogP contribution in [0.15, 0.2) is 0 Å². The zero-order valence-corrected chi connectivity index (χ0v) is 13.1. The second-order valence-corrected chi connectivity index (χ2v) is 6.10. The Labute approximate surface area is 123 Å². The zero-order valence-electron chi connectivity index (χ0n) is 13.1. The van der Waals surface area contributed by atoms with Crippen molar-refractivity contribution in [1.82, 2.24) is 10.6 Å². The van der Waals surface area contributed by atoms with Gasteiger partial charge in [0.2, 0.25) is 0 Å². The molecule has 0 aromatic rings. The number of hydrogen-bond acceptors (Lipinski definition) is 4. The third-order valence-electron chi connectivity index (χ3n) is 4.88. The Morgan fingerprint density at radius 2 is 1.50 bits per heavy atom. The van der Waals surface area contributed by atoms with Crippen LogP contribution in [0.2, 0.25) is 0 Å². The summed E-state index contributed by atoms with van der Waals surface area (Å²) in [4.78, 5) is 10.5. The molecule has 0 aromatic heterocycles. The minimum Gasteiger partial charge on any atom is -0.396 e. The molecule has 0 saturated heterocycles. The van der Waals surface area contributed by atoms with Crippen molar-refractivity contribution < 1.29 is 9.90 Å². The van der Waals surface area contributed by atoms with Crippen molar-refractivity contribution in [3.05, 3.63) is 0 Å². The Hall–Kier alpha value is -0.450. The topological polar surface area (TPSA) is 61.4 Å². The Balaban J connectivity index is 0.000000200. The first kappa shape index (κ1) is 17.6. The normalized spacial score (nSPS) is 34.0. The van der Waals surface area contributed by atoms with Crippen LogP contribution in [0.5, 0.6) is 0 Å². The third-order valence-corrected chi connectivity index (χ3v) is 4.88. The molecule has 0 amide bonds. The standard InChI is InChI=1S/C8H17NO.C8H15NO/c2*1-9-8-5-3-2-4-7(8)6-10/h7-10H,2-6H2,1H3;6-9H,2-5H2,1H3/t2*7-,8-/m11/s1. The van der Waals surface area contributed by atoms with E-state index < -0.39 is 0 Å². The van der Waals surface area contributed by atoms with E-state index in [9.17, 15) is 4.79 Å². The van der Waals surface area contributed by atoms with E-state index in [1.54, 1.807) is 0 Å². The molecule has 2 aliphatic rings. The molecule has 118 valence electrons. The Kier molecular flexibility index (Phi) is 9.07. The molecule has 20 heavy (non-hydrogen) atoms. The zero-order chi connectivity index (χ0) is 14.8. The van der Waals surface area contributed by atoms with Gasteiger partial charge in [0.1, 0.15) is 6.29 Å². The highest BCUT2D eigenvalue weighted by atomic mass is 16.3. The smallest absolute Gasteiger partial charge is 0.124 e. The van der Waals surface area contributed by atoms with Crippen LogP contribution in [0.1, 0.15) is 51.4 Å². The summed E-state index contributed by atoms with van der Waals surface area (Å²) in [6.45, 7) is 0.353. The largest absolute Gasteiger partial charge is 0.396 e. The number of aldehydes is 1. The lowest BCUT2D eigenvalue weighted by Gasteiger charge is -2.29. The van der Waals surface area contributed by atoms with E-state index in [0.717, 1.165) is 12.7 Å². The van der Waals surface area contributed by atoms with Crippen molar-refractivity contribution in [2.24, 2.45) is 11.8 Å². The van der Waals surface area contributed by atoms with Crippen LogP contribution < -0.4 is 10.6 Å². The average Bonchev–Trinajstić information content (AvgIpc) is 2.55. The molecule has 2 saturated carbocycles. The first-order valence-electron chi connectivity index (χ1n) is 8.17. The molecule has 4 heteroatoms. The van der Waals surface area contributed by atoms with Gasteiger partial charge in [-0.2, -0.15) is 0 Å². The van der Waals surface area contributed by atoms with Gasteiger partial charge in [-0.1, -0.05) is 25.7 Å². The fourth-order valence-electron chi connectivity index (χ4n) is 3.49. The highest BCUT2D eigenvalue weighted by Crippen LogP contribution is 2.23. The minimum absolute atomic E-state index is 0.277. The average molecular weight is 284 g/mol. The molecular weight excluding hydrogens is 252 g/mol. The first-order chi connectivity index (χ1) is 9.76. The Bertz CT molecular complexity index is 249. The number of aliphatic hydroxyl groups excluding tert-OH is 1. The molecule has 3 N–H and O–H groups in total. The van der Waals surface area contributed by atoms with Gasteiger partial charge in [0.05, 0.1) is 0 Å². The summed E-state index contributed by atoms with van der Waals surface area (Å²) in [7, 11) is 3.92. The first-order valence-corrected chi connectivity index (χ1v) is 8.17. The van der Waals surface area contributed by atoms with Gasteiger partial charge < -0.3 is 20.5 Å². The van der Waals surface area contributed by atoms with E-state index in [1.165, 1.54) is 44.9 Å². The van der Waals surface area contributed by atoms with Crippen molar-refractivity contribution in [3.63, 3.8) is 0 Å². The van der Waals surface area contributed by atoms with E-state index in [4.69, 9.17) is 5.11 Å². The van der Waals surface area contributed by atoms with Crippen LogP contribution in [-0.4, -0.2) is 44.2 Å². The van der Waals surface area contributed by atoms with E-state index in [-0.39, 0.29) is 5.92 Å². The number of aliphatic hydroxyl groups is 1. The Morgan fingerprint density at radius 3 is 1.95 bits per heavy atom. The summed E-state index contributed by atoms with van der Waals surface area (Å²) in [6.07, 6.45) is 10.9. The van der Waals surface area contributed by atoms with Crippen LogP contribution in [0.3, 0.4) is 0 Å². The summed E-state index contributed by atoms with van der Waals surface area (Å²) in [5.74, 6) is 0.789. The molecule has 0 aromatic carbocycles. The van der Waals surface area contributed by atoms with Crippen molar-refractivity contribution >= 4 is 6.29 Å². The van der Waals surface area contributed by atoms with Crippen molar-refractivity contribution in [2.45, 2.75) is 63.5 Å². The van der Waals surface area contributed by atoms with Crippen molar-refractivity contribution in [3.8, 4) is 0 Å². The van der Waals surface area contributed by atoms with Gasteiger partial charge in [-0.25, -0.2) is 0 Å². The monoisotopic (exact) mass is 284 g/mol. The molecule has 0 bridgehead atoms. The quantitative estimate of drug-likeness (QED) is 0.688. The third kappa shape index (κ3) is 5.51. The van der Waals surface area contributed by atoms with Crippen molar-refractivity contribution in [2.75, 3.05) is 20.7 Å². The molecule has 2 aliphatic carbocycles. The molecule has 0 spiro atoms. The molecule has 0 heterocycles. The summed E-state index contributed by atoms with van der Waals surface area (Å²) >= 11 is 0. The van der Waals surface area contributed by atoms with Crippen molar-refractivity contribution in [1.29, 1.82) is 0 Å². The predicted molar refractivity (Wildman–Crippen MR) is 82.8 cm³/mol. The lowest BCUT2D eigenvalue weighted by molar-refractivity contribution is -0.112. The molecule has 2 rings (SSSR count). The van der Waals surface area contributed by atoms with Crippen LogP contribution >= 0.6 is 0 Å². The van der Waals surface area contributed by atoms with Gasteiger partial charge in [0.25, 0.3) is 0 Å². The van der Waals surface area contributed by atoms with Gasteiger partial charge in [-0.15, -0.1) is 0 Å². The molecule has 0 aliphatic heterocycles. The highest BCUT2D eigenvalue weighted by molar-refractivity contribution is 5.54. The van der Waals surface area contributed by atoms with Gasteiger partial charge in [0, 0.05) is 24.6 Å². The molecule has 4 atom stereocenters. The van der Waals surface area contributed by atoms with Gasteiger partial charge >= 0.3 is 0 Å². The fourth-order valence-corrected chi connectivity index (χ4v) is 3.49. The van der Waals surface area contributed by atoms with Gasteiger partial charge in [-0.3, -0.25) is 0 Å². The number of carbonyl (C=O) groups is 1. The van der Waals surface area contributed by atoms with Crippen LogP contribution in [0.25, 0.3) is 0 Å². The van der Waals surface area contributed by atoms with E-state index >= 15 is 0 Å². The highest BCUT2D eigenvalue weighted by Gasteiger charge is 2.23. The van der Waals surface area contributed by atoms with Crippen LogP contribution in [0.4, 0.5) is 0 Å². The molecule has 4 nitrogen and oxygen atoms in total. The van der Waals surface area contributed by atoms with E-state index in [2.05, 4.69) is 10.6 Å². The maximum Gasteiger partial charge on any atom is 0.124 e. The molecular formula is C16H32N2O2. The second-order valence-electron chi connectivity index (χ2n) is 6.10. The lowest BCUT2D eigenvalue weighted by Crippen LogP contribution is -2.37. The number of nitrogens with one attached hydrogen (secondary N) is 2. The van der Waals surface area contributed by atoms with E-state index in [0.29, 0.717) is 24.6 Å². The maximum absolute atomic E-state index is 10.5. The summed E-state index contributed by atoms with van der Waals surface area (Å²) < 4.78 is 0. The molecule has 2 fully saturated rings. The lowest BCUT2D eigenvalue weighted by atomic mass is 9.85.